The molecule has 108 valence electrons. The van der Waals surface area contributed by atoms with Gasteiger partial charge in [0.05, 0.1) is 11.7 Å². The Morgan fingerprint density at radius 1 is 1.45 bits per heavy atom. The van der Waals surface area contributed by atoms with E-state index in [1.807, 2.05) is 36.9 Å². The fraction of sp³-hybridized carbons (Fsp3) is 0.400. The van der Waals surface area contributed by atoms with E-state index in [4.69, 9.17) is 11.6 Å². The number of aryl methyl sites for hydroxylation is 2. The van der Waals surface area contributed by atoms with Gasteiger partial charge in [0, 0.05) is 30.0 Å². The highest BCUT2D eigenvalue weighted by atomic mass is 79.9. The number of benzene rings is 1. The first kappa shape index (κ1) is 15.4. The molecule has 0 bridgehead atoms. The topological polar surface area (TPSA) is 21.1 Å². The lowest BCUT2D eigenvalue weighted by Crippen LogP contribution is -2.24. The number of nitrogens with zero attached hydrogens (tertiary/aromatic N) is 3. The fourth-order valence-electron chi connectivity index (χ4n) is 2.46. The quantitative estimate of drug-likeness (QED) is 0.753. The van der Waals surface area contributed by atoms with E-state index in [1.54, 1.807) is 0 Å². The molecule has 20 heavy (non-hydrogen) atoms. The van der Waals surface area contributed by atoms with Crippen LogP contribution in [0.2, 0.25) is 5.02 Å². The Balaban J connectivity index is 2.38. The summed E-state index contributed by atoms with van der Waals surface area (Å²) in [6.07, 6.45) is 0. The summed E-state index contributed by atoms with van der Waals surface area (Å²) in [5, 5.41) is 6.08. The molecule has 0 N–H and O–H groups in total. The number of aromatic nitrogens is 2. The van der Waals surface area contributed by atoms with Gasteiger partial charge in [-0.1, -0.05) is 39.7 Å². The minimum atomic E-state index is 0.223. The summed E-state index contributed by atoms with van der Waals surface area (Å²) in [7, 11) is 4.07. The van der Waals surface area contributed by atoms with Gasteiger partial charge in [-0.2, -0.15) is 5.10 Å². The summed E-state index contributed by atoms with van der Waals surface area (Å²) in [4.78, 5) is 2.24. The summed E-state index contributed by atoms with van der Waals surface area (Å²) in [6.45, 7) is 4.21. The molecule has 0 saturated heterocycles. The van der Waals surface area contributed by atoms with Gasteiger partial charge in [0.2, 0.25) is 0 Å². The van der Waals surface area contributed by atoms with Crippen LogP contribution in [0, 0.1) is 6.92 Å². The molecule has 5 heteroatoms. The molecule has 0 fully saturated rings. The molecule has 2 rings (SSSR count). The molecule has 1 atom stereocenters. The van der Waals surface area contributed by atoms with Gasteiger partial charge in [0.25, 0.3) is 0 Å². The number of rotatable bonds is 4. The molecule has 1 unspecified atom stereocenters. The summed E-state index contributed by atoms with van der Waals surface area (Å²) in [6, 6.07) is 8.23. The monoisotopic (exact) mass is 355 g/mol. The molecular weight excluding hydrogens is 338 g/mol. The third-order valence-corrected chi connectivity index (χ3v) is 4.49. The average Bonchev–Trinajstić information content (AvgIpc) is 2.71. The van der Waals surface area contributed by atoms with Crippen molar-refractivity contribution in [3.8, 4) is 0 Å². The second kappa shape index (κ2) is 6.19. The van der Waals surface area contributed by atoms with Crippen molar-refractivity contribution in [3.05, 3.63) is 46.1 Å². The van der Waals surface area contributed by atoms with Gasteiger partial charge in [-0.05, 0) is 31.5 Å². The van der Waals surface area contributed by atoms with Gasteiger partial charge < -0.3 is 4.90 Å². The summed E-state index contributed by atoms with van der Waals surface area (Å²) in [5.74, 6) is 1.13. The Bertz CT molecular complexity index is 609. The normalized spacial score (nSPS) is 12.5. The third kappa shape index (κ3) is 2.86. The standard InChI is InChI=1S/C15H19BrClN3/c1-10-14(9-16)15(20(4)18-10)19(3)11(2)12-6-5-7-13(17)8-12/h5-8,11H,9H2,1-4H3. The van der Waals surface area contributed by atoms with Crippen molar-refractivity contribution in [3.63, 3.8) is 0 Å². The van der Waals surface area contributed by atoms with Gasteiger partial charge in [-0.15, -0.1) is 0 Å². The highest BCUT2D eigenvalue weighted by Crippen LogP contribution is 2.31. The van der Waals surface area contributed by atoms with Crippen LogP contribution in [0.1, 0.15) is 29.8 Å². The van der Waals surface area contributed by atoms with Crippen LogP contribution >= 0.6 is 27.5 Å². The third-order valence-electron chi connectivity index (χ3n) is 3.69. The number of hydrogen-bond acceptors (Lipinski definition) is 2. The Kier molecular flexibility index (Phi) is 4.76. The minimum Gasteiger partial charge on any atom is -0.353 e. The first-order chi connectivity index (χ1) is 9.45. The highest BCUT2D eigenvalue weighted by Gasteiger charge is 2.20. The maximum absolute atomic E-state index is 6.09. The Labute approximate surface area is 133 Å². The zero-order valence-electron chi connectivity index (χ0n) is 12.2. The van der Waals surface area contributed by atoms with Crippen LogP contribution in [0.3, 0.4) is 0 Å². The molecule has 2 aromatic rings. The minimum absolute atomic E-state index is 0.223. The molecule has 0 aliphatic carbocycles. The molecule has 0 aliphatic rings. The van der Waals surface area contributed by atoms with Gasteiger partial charge in [0.15, 0.2) is 0 Å². The van der Waals surface area contributed by atoms with Crippen LogP contribution in [-0.2, 0) is 12.4 Å². The van der Waals surface area contributed by atoms with E-state index in [2.05, 4.69) is 46.0 Å². The molecule has 3 nitrogen and oxygen atoms in total. The van der Waals surface area contributed by atoms with Crippen molar-refractivity contribution in [2.75, 3.05) is 11.9 Å². The lowest BCUT2D eigenvalue weighted by Gasteiger charge is -2.28. The van der Waals surface area contributed by atoms with Gasteiger partial charge >= 0.3 is 0 Å². The van der Waals surface area contributed by atoms with E-state index in [0.29, 0.717) is 0 Å². The SMILES string of the molecule is Cc1nn(C)c(N(C)C(C)c2cccc(Cl)c2)c1CBr. The summed E-state index contributed by atoms with van der Waals surface area (Å²) < 4.78 is 1.94. The zero-order valence-corrected chi connectivity index (χ0v) is 14.5. The van der Waals surface area contributed by atoms with E-state index < -0.39 is 0 Å². The molecule has 0 aliphatic heterocycles. The molecule has 0 amide bonds. The summed E-state index contributed by atoms with van der Waals surface area (Å²) >= 11 is 9.65. The second-order valence-electron chi connectivity index (χ2n) is 4.99. The first-order valence-corrected chi connectivity index (χ1v) is 8.02. The second-order valence-corrected chi connectivity index (χ2v) is 5.98. The van der Waals surface area contributed by atoms with Crippen molar-refractivity contribution >= 4 is 33.3 Å². The van der Waals surface area contributed by atoms with E-state index in [1.165, 1.54) is 11.1 Å². The van der Waals surface area contributed by atoms with Crippen molar-refractivity contribution in [1.29, 1.82) is 0 Å². The predicted molar refractivity (Wildman–Crippen MR) is 88.8 cm³/mol. The van der Waals surface area contributed by atoms with Crippen molar-refractivity contribution in [1.82, 2.24) is 9.78 Å². The van der Waals surface area contributed by atoms with Crippen LogP contribution < -0.4 is 4.90 Å². The first-order valence-electron chi connectivity index (χ1n) is 6.52. The molecular formula is C15H19BrClN3. The molecule has 1 aromatic carbocycles. The molecule has 1 heterocycles. The number of anilines is 1. The van der Waals surface area contributed by atoms with Crippen LogP contribution in [0.4, 0.5) is 5.82 Å². The van der Waals surface area contributed by atoms with E-state index in [-0.39, 0.29) is 6.04 Å². The predicted octanol–water partition coefficient (Wildman–Crippen LogP) is 4.47. The van der Waals surface area contributed by atoms with Crippen LogP contribution in [0.5, 0.6) is 0 Å². The van der Waals surface area contributed by atoms with Crippen molar-refractivity contribution in [2.45, 2.75) is 25.2 Å². The largest absolute Gasteiger partial charge is 0.353 e. The maximum atomic E-state index is 6.09. The summed E-state index contributed by atoms with van der Waals surface area (Å²) in [5.41, 5.74) is 3.48. The van der Waals surface area contributed by atoms with Crippen LogP contribution in [-0.4, -0.2) is 16.8 Å². The van der Waals surface area contributed by atoms with E-state index in [9.17, 15) is 0 Å². The van der Waals surface area contributed by atoms with Crippen molar-refractivity contribution < 1.29 is 0 Å². The average molecular weight is 357 g/mol. The van der Waals surface area contributed by atoms with Gasteiger partial charge in [-0.25, -0.2) is 0 Å². The van der Waals surface area contributed by atoms with Crippen molar-refractivity contribution in [2.24, 2.45) is 7.05 Å². The smallest absolute Gasteiger partial charge is 0.131 e. The number of alkyl halides is 1. The Morgan fingerprint density at radius 2 is 2.15 bits per heavy atom. The Hall–Kier alpha value is -1.000. The number of halogens is 2. The van der Waals surface area contributed by atoms with Crippen LogP contribution in [0.25, 0.3) is 0 Å². The van der Waals surface area contributed by atoms with Gasteiger partial charge in [-0.3, -0.25) is 4.68 Å². The number of hydrogen-bond donors (Lipinski definition) is 0. The van der Waals surface area contributed by atoms with E-state index >= 15 is 0 Å². The lowest BCUT2D eigenvalue weighted by atomic mass is 10.1. The molecule has 0 spiro atoms. The zero-order chi connectivity index (χ0) is 14.9. The molecule has 0 saturated carbocycles. The van der Waals surface area contributed by atoms with E-state index in [0.717, 1.165) is 21.9 Å². The maximum Gasteiger partial charge on any atom is 0.131 e. The molecule has 0 radical (unpaired) electrons. The highest BCUT2D eigenvalue weighted by molar-refractivity contribution is 9.08. The Morgan fingerprint density at radius 3 is 2.75 bits per heavy atom. The lowest BCUT2D eigenvalue weighted by molar-refractivity contribution is 0.672. The fourth-order valence-corrected chi connectivity index (χ4v) is 3.32. The molecule has 1 aromatic heterocycles. The van der Waals surface area contributed by atoms with Gasteiger partial charge in [0.1, 0.15) is 5.82 Å². The van der Waals surface area contributed by atoms with Crippen LogP contribution in [0.15, 0.2) is 24.3 Å².